The summed E-state index contributed by atoms with van der Waals surface area (Å²) in [5.74, 6) is 0.880. The van der Waals surface area contributed by atoms with Crippen molar-refractivity contribution in [2.75, 3.05) is 5.73 Å². The van der Waals surface area contributed by atoms with Gasteiger partial charge in [-0.25, -0.2) is 0 Å². The highest BCUT2D eigenvalue weighted by Crippen LogP contribution is 2.27. The molecule has 0 unspecified atom stereocenters. The molecule has 0 bridgehead atoms. The fraction of sp³-hybridized carbons (Fsp3) is 0.250. The van der Waals surface area contributed by atoms with Crippen molar-refractivity contribution in [2.24, 2.45) is 7.05 Å². The van der Waals surface area contributed by atoms with E-state index in [1.165, 1.54) is 10.5 Å². The first-order valence-electron chi connectivity index (χ1n) is 5.12. The number of aromatic nitrogens is 2. The first-order chi connectivity index (χ1) is 7.65. The summed E-state index contributed by atoms with van der Waals surface area (Å²) in [7, 11) is 1.93. The average molecular weight is 233 g/mol. The maximum absolute atomic E-state index is 5.77. The van der Waals surface area contributed by atoms with Gasteiger partial charge in [-0.05, 0) is 30.7 Å². The minimum absolute atomic E-state index is 0.814. The number of benzene rings is 1. The maximum atomic E-state index is 5.77. The van der Waals surface area contributed by atoms with Crippen LogP contribution in [0.3, 0.4) is 0 Å². The molecular weight excluding hydrogens is 218 g/mol. The SMILES string of the molecule is Cc1ccc(N)cc1SCc1ccn(C)n1. The summed E-state index contributed by atoms with van der Waals surface area (Å²) >= 11 is 1.77. The van der Waals surface area contributed by atoms with Crippen LogP contribution in [0.25, 0.3) is 0 Å². The van der Waals surface area contributed by atoms with E-state index in [0.717, 1.165) is 17.1 Å². The lowest BCUT2D eigenvalue weighted by atomic mass is 10.2. The van der Waals surface area contributed by atoms with Gasteiger partial charge >= 0.3 is 0 Å². The quantitative estimate of drug-likeness (QED) is 0.654. The molecule has 0 saturated heterocycles. The molecule has 0 atom stereocenters. The van der Waals surface area contributed by atoms with Crippen LogP contribution in [0.2, 0.25) is 0 Å². The van der Waals surface area contributed by atoms with E-state index < -0.39 is 0 Å². The van der Waals surface area contributed by atoms with Gasteiger partial charge in [0, 0.05) is 29.6 Å². The smallest absolute Gasteiger partial charge is 0.0727 e. The summed E-state index contributed by atoms with van der Waals surface area (Å²) in [6.07, 6.45) is 1.96. The van der Waals surface area contributed by atoms with Gasteiger partial charge in [-0.2, -0.15) is 5.10 Å². The summed E-state index contributed by atoms with van der Waals surface area (Å²) in [4.78, 5) is 1.23. The molecule has 0 aliphatic rings. The van der Waals surface area contributed by atoms with Crippen LogP contribution in [0, 0.1) is 6.92 Å². The van der Waals surface area contributed by atoms with E-state index in [1.807, 2.05) is 36.1 Å². The molecule has 1 heterocycles. The maximum Gasteiger partial charge on any atom is 0.0727 e. The summed E-state index contributed by atoms with van der Waals surface area (Å²) < 4.78 is 1.82. The number of hydrogen-bond acceptors (Lipinski definition) is 3. The highest BCUT2D eigenvalue weighted by atomic mass is 32.2. The van der Waals surface area contributed by atoms with Crippen LogP contribution in [-0.2, 0) is 12.8 Å². The van der Waals surface area contributed by atoms with Gasteiger partial charge in [-0.1, -0.05) is 6.07 Å². The molecule has 2 rings (SSSR count). The van der Waals surface area contributed by atoms with E-state index in [2.05, 4.69) is 18.1 Å². The topological polar surface area (TPSA) is 43.8 Å². The third-order valence-electron chi connectivity index (χ3n) is 2.36. The van der Waals surface area contributed by atoms with Crippen LogP contribution in [0.1, 0.15) is 11.3 Å². The number of rotatable bonds is 3. The number of nitrogens with two attached hydrogens (primary N) is 1. The van der Waals surface area contributed by atoms with Crippen LogP contribution in [0.4, 0.5) is 5.69 Å². The zero-order valence-electron chi connectivity index (χ0n) is 9.47. The minimum atomic E-state index is 0.814. The van der Waals surface area contributed by atoms with E-state index in [-0.39, 0.29) is 0 Å². The van der Waals surface area contributed by atoms with Gasteiger partial charge in [-0.3, -0.25) is 4.68 Å². The Balaban J connectivity index is 2.07. The van der Waals surface area contributed by atoms with Gasteiger partial charge in [0.15, 0.2) is 0 Å². The van der Waals surface area contributed by atoms with Crippen LogP contribution in [-0.4, -0.2) is 9.78 Å². The summed E-state index contributed by atoms with van der Waals surface area (Å²) in [5.41, 5.74) is 8.93. The molecule has 84 valence electrons. The third kappa shape index (κ3) is 2.58. The van der Waals surface area contributed by atoms with E-state index in [4.69, 9.17) is 5.73 Å². The molecule has 0 amide bonds. The highest BCUT2D eigenvalue weighted by molar-refractivity contribution is 7.98. The zero-order valence-corrected chi connectivity index (χ0v) is 10.3. The van der Waals surface area contributed by atoms with Crippen molar-refractivity contribution < 1.29 is 0 Å². The Morgan fingerprint density at radius 2 is 2.19 bits per heavy atom. The van der Waals surface area contributed by atoms with E-state index in [1.54, 1.807) is 11.8 Å². The predicted molar refractivity (Wildman–Crippen MR) is 68.4 cm³/mol. The molecule has 0 aliphatic carbocycles. The van der Waals surface area contributed by atoms with E-state index in [0.29, 0.717) is 0 Å². The molecular formula is C12H15N3S. The van der Waals surface area contributed by atoms with Gasteiger partial charge in [0.2, 0.25) is 0 Å². The van der Waals surface area contributed by atoms with E-state index in [9.17, 15) is 0 Å². The second-order valence-corrected chi connectivity index (χ2v) is 4.81. The normalized spacial score (nSPS) is 10.6. The molecule has 0 spiro atoms. The Morgan fingerprint density at radius 1 is 1.38 bits per heavy atom. The molecule has 3 nitrogen and oxygen atoms in total. The third-order valence-corrected chi connectivity index (χ3v) is 3.55. The Kier molecular flexibility index (Phi) is 3.19. The van der Waals surface area contributed by atoms with Crippen LogP contribution in [0.15, 0.2) is 35.4 Å². The van der Waals surface area contributed by atoms with Crippen molar-refractivity contribution in [3.05, 3.63) is 41.7 Å². The Labute approximate surface area is 99.7 Å². The first kappa shape index (κ1) is 11.1. The molecule has 0 saturated carbocycles. The Bertz CT molecular complexity index is 491. The fourth-order valence-corrected chi connectivity index (χ4v) is 2.44. The Morgan fingerprint density at radius 3 is 2.88 bits per heavy atom. The molecule has 0 aliphatic heterocycles. The summed E-state index contributed by atoms with van der Waals surface area (Å²) in [6.45, 7) is 2.10. The molecule has 4 heteroatoms. The van der Waals surface area contributed by atoms with Crippen molar-refractivity contribution >= 4 is 17.4 Å². The number of aryl methyl sites for hydroxylation is 2. The van der Waals surface area contributed by atoms with Crippen LogP contribution < -0.4 is 5.73 Å². The predicted octanol–water partition coefficient (Wildman–Crippen LogP) is 2.60. The minimum Gasteiger partial charge on any atom is -0.399 e. The Hall–Kier alpha value is -1.42. The van der Waals surface area contributed by atoms with Crippen molar-refractivity contribution in [1.82, 2.24) is 9.78 Å². The molecule has 16 heavy (non-hydrogen) atoms. The number of thioether (sulfide) groups is 1. The molecule has 1 aromatic carbocycles. The van der Waals surface area contributed by atoms with Gasteiger partial charge < -0.3 is 5.73 Å². The second-order valence-electron chi connectivity index (χ2n) is 3.79. The highest BCUT2D eigenvalue weighted by Gasteiger charge is 2.02. The lowest BCUT2D eigenvalue weighted by Crippen LogP contribution is -1.91. The molecule has 0 radical (unpaired) electrons. The second kappa shape index (κ2) is 4.61. The number of anilines is 1. The number of nitrogens with zero attached hydrogens (tertiary/aromatic N) is 2. The fourth-order valence-electron chi connectivity index (χ4n) is 1.46. The van der Waals surface area contributed by atoms with Gasteiger partial charge in [0.25, 0.3) is 0 Å². The van der Waals surface area contributed by atoms with Gasteiger partial charge in [0.1, 0.15) is 0 Å². The number of hydrogen-bond donors (Lipinski definition) is 1. The standard InChI is InChI=1S/C12H15N3S/c1-9-3-4-10(13)7-12(9)16-8-11-5-6-15(2)14-11/h3-7H,8,13H2,1-2H3. The lowest BCUT2D eigenvalue weighted by molar-refractivity contribution is 0.755. The van der Waals surface area contributed by atoms with Crippen molar-refractivity contribution in [3.8, 4) is 0 Å². The molecule has 2 aromatic rings. The summed E-state index contributed by atoms with van der Waals surface area (Å²) in [6, 6.07) is 8.04. The molecule has 0 fully saturated rings. The zero-order chi connectivity index (χ0) is 11.5. The van der Waals surface area contributed by atoms with E-state index >= 15 is 0 Å². The van der Waals surface area contributed by atoms with Crippen LogP contribution >= 0.6 is 11.8 Å². The van der Waals surface area contributed by atoms with Crippen molar-refractivity contribution in [2.45, 2.75) is 17.6 Å². The average Bonchev–Trinajstić information content (AvgIpc) is 2.66. The van der Waals surface area contributed by atoms with Gasteiger partial charge in [-0.15, -0.1) is 11.8 Å². The van der Waals surface area contributed by atoms with Crippen LogP contribution in [0.5, 0.6) is 0 Å². The number of nitrogen functional groups attached to an aromatic ring is 1. The molecule has 1 aromatic heterocycles. The molecule has 2 N–H and O–H groups in total. The van der Waals surface area contributed by atoms with Gasteiger partial charge in [0.05, 0.1) is 5.69 Å². The van der Waals surface area contributed by atoms with Crippen molar-refractivity contribution in [1.29, 1.82) is 0 Å². The first-order valence-corrected chi connectivity index (χ1v) is 6.11. The lowest BCUT2D eigenvalue weighted by Gasteiger charge is -2.05. The largest absolute Gasteiger partial charge is 0.399 e. The monoisotopic (exact) mass is 233 g/mol. The van der Waals surface area contributed by atoms with Crippen molar-refractivity contribution in [3.63, 3.8) is 0 Å². The summed E-state index contributed by atoms with van der Waals surface area (Å²) in [5, 5.41) is 4.34.